The zero-order valence-corrected chi connectivity index (χ0v) is 13.6. The Labute approximate surface area is 140 Å². The van der Waals surface area contributed by atoms with E-state index in [0.717, 1.165) is 5.56 Å². The average Bonchev–Trinajstić information content (AvgIpc) is 2.57. The first kappa shape index (κ1) is 16.1. The van der Waals surface area contributed by atoms with Crippen LogP contribution in [-0.2, 0) is 10.2 Å². The van der Waals surface area contributed by atoms with Crippen LogP contribution in [0.2, 0.25) is 0 Å². The molecular formula is C20H18O4. The van der Waals surface area contributed by atoms with Gasteiger partial charge in [0.25, 0.3) is 0 Å². The molecule has 1 aliphatic carbocycles. The molecular weight excluding hydrogens is 304 g/mol. The highest BCUT2D eigenvalue weighted by Gasteiger charge is 2.31. The van der Waals surface area contributed by atoms with Crippen LogP contribution in [0.1, 0.15) is 64.1 Å². The molecule has 3 rings (SSSR count). The second-order valence-corrected chi connectivity index (χ2v) is 6.74. The van der Waals surface area contributed by atoms with E-state index >= 15 is 0 Å². The number of carboxylic acids is 1. The minimum atomic E-state index is -0.846. The molecule has 0 aromatic heterocycles. The van der Waals surface area contributed by atoms with Gasteiger partial charge in [-0.05, 0) is 29.5 Å². The van der Waals surface area contributed by atoms with E-state index in [1.54, 1.807) is 36.4 Å². The molecule has 0 aliphatic heterocycles. The summed E-state index contributed by atoms with van der Waals surface area (Å²) in [5, 5.41) is 8.90. The lowest BCUT2D eigenvalue weighted by molar-refractivity contribution is -0.137. The number of ketones is 2. The van der Waals surface area contributed by atoms with Gasteiger partial charge in [0.05, 0.1) is 0 Å². The van der Waals surface area contributed by atoms with Crippen LogP contribution in [0.25, 0.3) is 0 Å². The Kier molecular flexibility index (Phi) is 3.84. The number of aliphatic carboxylic acids is 1. The van der Waals surface area contributed by atoms with Crippen molar-refractivity contribution >= 4 is 17.5 Å². The molecule has 122 valence electrons. The van der Waals surface area contributed by atoms with E-state index in [1.807, 2.05) is 19.9 Å². The van der Waals surface area contributed by atoms with Gasteiger partial charge < -0.3 is 5.11 Å². The minimum Gasteiger partial charge on any atom is -0.481 e. The van der Waals surface area contributed by atoms with Gasteiger partial charge in [-0.2, -0.15) is 0 Å². The van der Waals surface area contributed by atoms with Crippen LogP contribution in [0, 0.1) is 0 Å². The number of rotatable bonds is 4. The number of benzene rings is 2. The lowest BCUT2D eigenvalue weighted by Gasteiger charge is -2.27. The molecule has 0 spiro atoms. The summed E-state index contributed by atoms with van der Waals surface area (Å²) in [7, 11) is 0. The van der Waals surface area contributed by atoms with Crippen molar-refractivity contribution in [2.24, 2.45) is 0 Å². The molecule has 2 aromatic rings. The first-order valence-corrected chi connectivity index (χ1v) is 7.86. The molecule has 1 aliphatic rings. The zero-order valence-electron chi connectivity index (χ0n) is 13.6. The summed E-state index contributed by atoms with van der Waals surface area (Å²) in [5.74, 6) is -1.15. The predicted octanol–water partition coefficient (Wildman–Crippen LogP) is 3.60. The van der Waals surface area contributed by atoms with Gasteiger partial charge >= 0.3 is 5.97 Å². The van der Waals surface area contributed by atoms with Gasteiger partial charge in [0.2, 0.25) is 0 Å². The Bertz CT molecular complexity index is 862. The first-order chi connectivity index (χ1) is 11.3. The number of carbonyl (C=O) groups excluding carboxylic acids is 2. The van der Waals surface area contributed by atoms with Crippen molar-refractivity contribution in [1.29, 1.82) is 0 Å². The van der Waals surface area contributed by atoms with Gasteiger partial charge in [0.15, 0.2) is 11.6 Å². The smallest absolute Gasteiger partial charge is 0.303 e. The lowest BCUT2D eigenvalue weighted by Crippen LogP contribution is -2.24. The second kappa shape index (κ2) is 5.71. The highest BCUT2D eigenvalue weighted by molar-refractivity contribution is 6.28. The molecule has 0 bridgehead atoms. The summed E-state index contributed by atoms with van der Waals surface area (Å²) >= 11 is 0. The predicted molar refractivity (Wildman–Crippen MR) is 89.6 cm³/mol. The maximum Gasteiger partial charge on any atom is 0.303 e. The van der Waals surface area contributed by atoms with Gasteiger partial charge in [0.1, 0.15) is 0 Å². The SMILES string of the molecule is CC(C)(CCC(=O)O)c1ccc2c(c1)C(=O)c1ccccc1C2=O. The molecule has 2 aromatic carbocycles. The van der Waals surface area contributed by atoms with Crippen molar-refractivity contribution in [3.63, 3.8) is 0 Å². The van der Waals surface area contributed by atoms with Gasteiger partial charge in [-0.15, -0.1) is 0 Å². The fraction of sp³-hybridized carbons (Fsp3) is 0.250. The Hall–Kier alpha value is -2.75. The quantitative estimate of drug-likeness (QED) is 0.796. The van der Waals surface area contributed by atoms with Crippen LogP contribution in [0.4, 0.5) is 0 Å². The van der Waals surface area contributed by atoms with Crippen molar-refractivity contribution in [3.8, 4) is 0 Å². The molecule has 1 N–H and O–H groups in total. The fourth-order valence-corrected chi connectivity index (χ4v) is 3.08. The van der Waals surface area contributed by atoms with E-state index in [1.165, 1.54) is 0 Å². The van der Waals surface area contributed by atoms with Gasteiger partial charge in [-0.25, -0.2) is 0 Å². The normalized spacial score (nSPS) is 13.4. The molecule has 0 saturated heterocycles. The van der Waals surface area contributed by atoms with Crippen molar-refractivity contribution in [1.82, 2.24) is 0 Å². The molecule has 0 unspecified atom stereocenters. The third-order valence-corrected chi connectivity index (χ3v) is 4.67. The third kappa shape index (κ3) is 2.64. The van der Waals surface area contributed by atoms with E-state index in [0.29, 0.717) is 28.7 Å². The summed E-state index contributed by atoms with van der Waals surface area (Å²) in [6.45, 7) is 3.89. The van der Waals surface area contributed by atoms with Gasteiger partial charge in [-0.3, -0.25) is 14.4 Å². The Morgan fingerprint density at radius 3 is 2.04 bits per heavy atom. The fourth-order valence-electron chi connectivity index (χ4n) is 3.08. The average molecular weight is 322 g/mol. The second-order valence-electron chi connectivity index (χ2n) is 6.74. The molecule has 0 heterocycles. The summed E-state index contributed by atoms with van der Waals surface area (Å²) in [6.07, 6.45) is 0.514. The summed E-state index contributed by atoms with van der Waals surface area (Å²) in [4.78, 5) is 36.2. The molecule has 4 heteroatoms. The largest absolute Gasteiger partial charge is 0.481 e. The molecule has 0 amide bonds. The van der Waals surface area contributed by atoms with Crippen molar-refractivity contribution in [3.05, 3.63) is 70.3 Å². The number of hydrogen-bond acceptors (Lipinski definition) is 3. The summed E-state index contributed by atoms with van der Waals surface area (Å²) in [5.41, 5.74) is 2.15. The number of carbonyl (C=O) groups is 3. The standard InChI is InChI=1S/C20H18O4/c1-20(2,10-9-17(21)22)12-7-8-15-16(11-12)19(24)14-6-4-3-5-13(14)18(15)23/h3-8,11H,9-10H2,1-2H3,(H,21,22). The van der Waals surface area contributed by atoms with Crippen molar-refractivity contribution < 1.29 is 19.5 Å². The number of hydrogen-bond donors (Lipinski definition) is 1. The van der Waals surface area contributed by atoms with E-state index in [9.17, 15) is 14.4 Å². The highest BCUT2D eigenvalue weighted by Crippen LogP contribution is 2.33. The molecule has 0 atom stereocenters. The van der Waals surface area contributed by atoms with Crippen molar-refractivity contribution in [2.75, 3.05) is 0 Å². The summed E-state index contributed by atoms with van der Waals surface area (Å²) in [6, 6.07) is 12.1. The maximum absolute atomic E-state index is 12.8. The Morgan fingerprint density at radius 1 is 0.917 bits per heavy atom. The molecule has 0 radical (unpaired) electrons. The topological polar surface area (TPSA) is 71.4 Å². The Balaban J connectivity index is 2.04. The third-order valence-electron chi connectivity index (χ3n) is 4.67. The van der Waals surface area contributed by atoms with Crippen LogP contribution < -0.4 is 0 Å². The maximum atomic E-state index is 12.8. The highest BCUT2D eigenvalue weighted by atomic mass is 16.4. The van der Waals surface area contributed by atoms with E-state index in [4.69, 9.17) is 5.11 Å². The van der Waals surface area contributed by atoms with Crippen LogP contribution in [-0.4, -0.2) is 22.6 Å². The van der Waals surface area contributed by atoms with Crippen LogP contribution in [0.5, 0.6) is 0 Å². The monoisotopic (exact) mass is 322 g/mol. The number of carboxylic acid groups (broad SMARTS) is 1. The van der Waals surface area contributed by atoms with Gasteiger partial charge in [-0.1, -0.05) is 44.2 Å². The van der Waals surface area contributed by atoms with Crippen LogP contribution >= 0.6 is 0 Å². The molecule has 0 saturated carbocycles. The first-order valence-electron chi connectivity index (χ1n) is 7.86. The Morgan fingerprint density at radius 2 is 1.46 bits per heavy atom. The van der Waals surface area contributed by atoms with E-state index in [-0.39, 0.29) is 18.0 Å². The zero-order chi connectivity index (χ0) is 17.5. The minimum absolute atomic E-state index is 0.0554. The van der Waals surface area contributed by atoms with E-state index in [2.05, 4.69) is 0 Å². The van der Waals surface area contributed by atoms with Crippen molar-refractivity contribution in [2.45, 2.75) is 32.1 Å². The number of fused-ring (bicyclic) bond motifs is 2. The van der Waals surface area contributed by atoms with Crippen LogP contribution in [0.3, 0.4) is 0 Å². The lowest BCUT2D eigenvalue weighted by atomic mass is 9.76. The summed E-state index contributed by atoms with van der Waals surface area (Å²) < 4.78 is 0. The molecule has 24 heavy (non-hydrogen) atoms. The molecule has 0 fully saturated rings. The van der Waals surface area contributed by atoms with Gasteiger partial charge in [0, 0.05) is 28.7 Å². The van der Waals surface area contributed by atoms with E-state index < -0.39 is 11.4 Å². The van der Waals surface area contributed by atoms with Crippen LogP contribution in [0.15, 0.2) is 42.5 Å². The molecule has 4 nitrogen and oxygen atoms in total.